The fraction of sp³-hybridized carbons (Fsp3) is 0.444. The second-order valence-electron chi connectivity index (χ2n) is 3.24. The summed E-state index contributed by atoms with van der Waals surface area (Å²) in [4.78, 5) is 28.6. The molecule has 1 amide bonds. The van der Waals surface area contributed by atoms with Crippen LogP contribution < -0.4 is 5.32 Å². The minimum Gasteiger partial charge on any atom is -0.677 e. The molecule has 17 heavy (non-hydrogen) atoms. The Labute approximate surface area is 111 Å². The van der Waals surface area contributed by atoms with Crippen LogP contribution in [0.1, 0.15) is 12.1 Å². The van der Waals surface area contributed by atoms with E-state index >= 15 is 0 Å². The molecule has 0 fully saturated rings. The fourth-order valence-electron chi connectivity index (χ4n) is 1.20. The predicted octanol–water partition coefficient (Wildman–Crippen LogP) is -0.0386. The Morgan fingerprint density at radius 3 is 2.76 bits per heavy atom. The number of aromatic amines is 1. The van der Waals surface area contributed by atoms with Crippen molar-refractivity contribution in [2.24, 2.45) is 0 Å². The van der Waals surface area contributed by atoms with Gasteiger partial charge in [0.25, 0.3) is 0 Å². The number of imidazole rings is 1. The van der Waals surface area contributed by atoms with Crippen LogP contribution in [-0.4, -0.2) is 39.5 Å². The fourth-order valence-corrected chi connectivity index (χ4v) is 1.20. The van der Waals surface area contributed by atoms with Crippen LogP contribution in [0.4, 0.5) is 0 Å². The molecule has 1 atom stereocenters. The molecule has 0 aliphatic carbocycles. The molecule has 0 saturated heterocycles. The summed E-state index contributed by atoms with van der Waals surface area (Å²) in [5, 5.41) is 11.2. The summed E-state index contributed by atoms with van der Waals surface area (Å²) in [5.41, 5.74) is 7.49. The van der Waals surface area contributed by atoms with E-state index in [0.29, 0.717) is 5.69 Å². The van der Waals surface area contributed by atoms with Gasteiger partial charge in [-0.05, 0) is 0 Å². The predicted molar refractivity (Wildman–Crippen MR) is 55.7 cm³/mol. The molecule has 1 rings (SSSR count). The number of nitrogens with one attached hydrogen (secondary N) is 3. The maximum atomic E-state index is 11.2. The molecule has 0 radical (unpaired) electrons. The van der Waals surface area contributed by atoms with Gasteiger partial charge in [-0.15, -0.1) is 6.54 Å². The first-order valence-corrected chi connectivity index (χ1v) is 4.77. The molecule has 1 aromatic heterocycles. The molecule has 0 aromatic carbocycles. The second kappa shape index (κ2) is 7.92. The third-order valence-electron chi connectivity index (χ3n) is 1.96. The van der Waals surface area contributed by atoms with Crippen molar-refractivity contribution in [1.29, 1.82) is 0 Å². The quantitative estimate of drug-likeness (QED) is 0.637. The van der Waals surface area contributed by atoms with E-state index in [2.05, 4.69) is 15.3 Å². The Morgan fingerprint density at radius 1 is 1.59 bits per heavy atom. The van der Waals surface area contributed by atoms with Crippen LogP contribution in [0.3, 0.4) is 0 Å². The van der Waals surface area contributed by atoms with Crippen molar-refractivity contribution in [3.05, 3.63) is 24.0 Å². The molecule has 1 unspecified atom stereocenters. The third-order valence-corrected chi connectivity index (χ3v) is 1.96. The summed E-state index contributed by atoms with van der Waals surface area (Å²) >= 11 is 0. The molecule has 1 heterocycles. The number of carbonyl (C=O) groups is 2. The molecular formula is C9H13N4O3Zn-. The van der Waals surface area contributed by atoms with Crippen LogP contribution >= 0.6 is 0 Å². The molecule has 7 nitrogen and oxygen atoms in total. The number of H-pyrrole nitrogens is 1. The van der Waals surface area contributed by atoms with E-state index in [0.717, 1.165) is 0 Å². The maximum Gasteiger partial charge on any atom is 0.326 e. The monoisotopic (exact) mass is 289 g/mol. The Morgan fingerprint density at radius 2 is 2.29 bits per heavy atom. The SMILES string of the molecule is [NH-]CCC(=O)NC(Cc1cnc[nH]1)C(=O)O.[Zn]. The first-order valence-electron chi connectivity index (χ1n) is 4.77. The largest absolute Gasteiger partial charge is 0.677 e. The standard InChI is InChI=1S/C9H13N4O3.Zn/c10-2-1-8(14)13-7(9(15)16)3-6-4-11-5-12-6;/h4-5,7,10H,1-3H2,(H,11,12)(H,13,14)(H,15,16);/q-1;. The van der Waals surface area contributed by atoms with E-state index in [1.807, 2.05) is 0 Å². The number of carbonyl (C=O) groups excluding carboxylic acids is 1. The maximum absolute atomic E-state index is 11.2. The number of hydrogen-bond donors (Lipinski definition) is 3. The molecule has 0 bridgehead atoms. The van der Waals surface area contributed by atoms with Crippen molar-refractivity contribution in [1.82, 2.24) is 15.3 Å². The van der Waals surface area contributed by atoms with Crippen LogP contribution in [0.5, 0.6) is 0 Å². The molecule has 4 N–H and O–H groups in total. The Bertz CT molecular complexity index is 355. The molecule has 1 aromatic rings. The van der Waals surface area contributed by atoms with Crippen LogP contribution in [0.2, 0.25) is 0 Å². The molecule has 90 valence electrons. The minimum absolute atomic E-state index is 0. The average molecular weight is 291 g/mol. The zero-order valence-electron chi connectivity index (χ0n) is 9.27. The molecule has 8 heteroatoms. The van der Waals surface area contributed by atoms with Gasteiger partial charge in [-0.25, -0.2) is 9.78 Å². The molecule has 0 aliphatic rings. The molecular weight excluding hydrogens is 278 g/mol. The zero-order valence-corrected chi connectivity index (χ0v) is 12.2. The Kier molecular flexibility index (Phi) is 7.33. The van der Waals surface area contributed by atoms with Gasteiger partial charge >= 0.3 is 5.97 Å². The number of carboxylic acids is 1. The van der Waals surface area contributed by atoms with Crippen LogP contribution in [0.15, 0.2) is 12.5 Å². The average Bonchev–Trinajstić information content (AvgIpc) is 2.69. The summed E-state index contributed by atoms with van der Waals surface area (Å²) < 4.78 is 0. The van der Waals surface area contributed by atoms with Gasteiger partial charge in [-0.2, -0.15) is 0 Å². The summed E-state index contributed by atoms with van der Waals surface area (Å²) in [6, 6.07) is -0.987. The first-order chi connectivity index (χ1) is 7.63. The van der Waals surface area contributed by atoms with Crippen LogP contribution in [0.25, 0.3) is 5.73 Å². The number of rotatable bonds is 6. The number of carboxylic acid groups (broad SMARTS) is 1. The number of hydrogen-bond acceptors (Lipinski definition) is 3. The van der Waals surface area contributed by atoms with Crippen LogP contribution in [-0.2, 0) is 35.5 Å². The topological polar surface area (TPSA) is 119 Å². The minimum atomic E-state index is -1.10. The van der Waals surface area contributed by atoms with E-state index < -0.39 is 17.9 Å². The number of nitrogens with zero attached hydrogens (tertiary/aromatic N) is 1. The second-order valence-corrected chi connectivity index (χ2v) is 3.24. The molecule has 0 saturated carbocycles. The van der Waals surface area contributed by atoms with Gasteiger partial charge in [0.2, 0.25) is 5.91 Å². The van der Waals surface area contributed by atoms with E-state index in [-0.39, 0.29) is 38.9 Å². The van der Waals surface area contributed by atoms with Gasteiger partial charge < -0.3 is 21.1 Å². The van der Waals surface area contributed by atoms with Gasteiger partial charge in [-0.3, -0.25) is 4.79 Å². The van der Waals surface area contributed by atoms with Gasteiger partial charge in [0.1, 0.15) is 6.04 Å². The first kappa shape index (κ1) is 15.7. The summed E-state index contributed by atoms with van der Waals surface area (Å²) in [6.07, 6.45) is 3.11. The Balaban J connectivity index is 0.00000256. The van der Waals surface area contributed by atoms with E-state index in [4.69, 9.17) is 10.8 Å². The summed E-state index contributed by atoms with van der Waals surface area (Å²) in [6.45, 7) is -0.0533. The van der Waals surface area contributed by atoms with E-state index in [1.54, 1.807) is 0 Å². The number of aromatic nitrogens is 2. The van der Waals surface area contributed by atoms with E-state index in [9.17, 15) is 9.59 Å². The van der Waals surface area contributed by atoms with Gasteiger partial charge in [0, 0.05) is 44.2 Å². The van der Waals surface area contributed by atoms with Crippen LogP contribution in [0, 0.1) is 0 Å². The molecule has 0 aliphatic heterocycles. The zero-order chi connectivity index (χ0) is 12.0. The number of aliphatic carboxylic acids is 1. The van der Waals surface area contributed by atoms with Crippen molar-refractivity contribution in [2.45, 2.75) is 18.9 Å². The Hall–Kier alpha value is -1.27. The smallest absolute Gasteiger partial charge is 0.326 e. The summed E-state index contributed by atoms with van der Waals surface area (Å²) in [7, 11) is 0. The number of amides is 1. The van der Waals surface area contributed by atoms with Gasteiger partial charge in [-0.1, -0.05) is 0 Å². The van der Waals surface area contributed by atoms with E-state index in [1.165, 1.54) is 12.5 Å². The van der Waals surface area contributed by atoms with Crippen molar-refractivity contribution < 1.29 is 34.2 Å². The van der Waals surface area contributed by atoms with Crippen molar-refractivity contribution in [3.8, 4) is 0 Å². The van der Waals surface area contributed by atoms with Crippen molar-refractivity contribution in [2.75, 3.05) is 6.54 Å². The normalized spacial score (nSPS) is 11.4. The van der Waals surface area contributed by atoms with Gasteiger partial charge in [0.05, 0.1) is 6.33 Å². The molecule has 0 spiro atoms. The van der Waals surface area contributed by atoms with Crippen molar-refractivity contribution >= 4 is 11.9 Å². The third kappa shape index (κ3) is 5.56. The van der Waals surface area contributed by atoms with Crippen molar-refractivity contribution in [3.63, 3.8) is 0 Å². The summed E-state index contributed by atoms with van der Waals surface area (Å²) in [5.74, 6) is -1.53. The van der Waals surface area contributed by atoms with Gasteiger partial charge in [0.15, 0.2) is 0 Å².